The van der Waals surface area contributed by atoms with E-state index >= 15 is 0 Å². The van der Waals surface area contributed by atoms with Crippen molar-refractivity contribution in [2.75, 3.05) is 10.2 Å². The summed E-state index contributed by atoms with van der Waals surface area (Å²) in [4.78, 5) is 25.8. The lowest BCUT2D eigenvalue weighted by Crippen LogP contribution is -2.34. The summed E-state index contributed by atoms with van der Waals surface area (Å²) in [6.45, 7) is 0. The number of halogens is 1. The van der Waals surface area contributed by atoms with Crippen LogP contribution in [0.3, 0.4) is 0 Å². The topological polar surface area (TPSA) is 49.4 Å². The molecule has 0 aromatic heterocycles. The maximum atomic E-state index is 12.4. The summed E-state index contributed by atoms with van der Waals surface area (Å²) in [7, 11) is 0. The average Bonchev–Trinajstić information content (AvgIpc) is 2.74. The maximum absolute atomic E-state index is 12.4. The molecule has 1 N–H and O–H groups in total. The number of carbonyl (C=O) groups is 2. The molecule has 106 valence electrons. The number of imide groups is 1. The van der Waals surface area contributed by atoms with Crippen LogP contribution in [0.1, 0.15) is 6.42 Å². The minimum atomic E-state index is -0.521. The molecule has 21 heavy (non-hydrogen) atoms. The number of nitrogens with zero attached hydrogens (tertiary/aromatic N) is 1. The van der Waals surface area contributed by atoms with E-state index in [-0.39, 0.29) is 18.2 Å². The molecule has 1 atom stereocenters. The smallest absolute Gasteiger partial charge is 0.256 e. The molecule has 3 rings (SSSR count). The fourth-order valence-electron chi connectivity index (χ4n) is 2.37. The van der Waals surface area contributed by atoms with Gasteiger partial charge in [-0.1, -0.05) is 40.2 Å². The molecule has 4 nitrogen and oxygen atoms in total. The molecule has 2 aromatic carbocycles. The van der Waals surface area contributed by atoms with Crippen molar-refractivity contribution < 1.29 is 9.59 Å². The second-order valence-corrected chi connectivity index (χ2v) is 5.73. The van der Waals surface area contributed by atoms with E-state index in [2.05, 4.69) is 21.2 Å². The number of nitrogens with one attached hydrogen (secondary N) is 1. The molecule has 1 saturated heterocycles. The fourth-order valence-corrected chi connectivity index (χ4v) is 2.77. The first kappa shape index (κ1) is 13.8. The molecular weight excluding hydrogens is 332 g/mol. The molecule has 2 aromatic rings. The highest BCUT2D eigenvalue weighted by Gasteiger charge is 2.39. The summed E-state index contributed by atoms with van der Waals surface area (Å²) in [5.41, 5.74) is 1.43. The Balaban J connectivity index is 1.81. The molecule has 5 heteroatoms. The molecule has 1 fully saturated rings. The molecule has 0 aliphatic carbocycles. The number of anilines is 2. The first-order chi connectivity index (χ1) is 10.1. The van der Waals surface area contributed by atoms with E-state index in [1.807, 2.05) is 42.5 Å². The number of hydrogen-bond donors (Lipinski definition) is 1. The van der Waals surface area contributed by atoms with Crippen LogP contribution < -0.4 is 10.2 Å². The number of carbonyl (C=O) groups excluding carboxylic acids is 2. The SMILES string of the molecule is O=C1CC(Nc2cccc(Br)c2)C(=O)N1c1ccccc1. The molecule has 0 spiro atoms. The van der Waals surface area contributed by atoms with Gasteiger partial charge >= 0.3 is 0 Å². The zero-order chi connectivity index (χ0) is 14.8. The van der Waals surface area contributed by atoms with Gasteiger partial charge in [0.05, 0.1) is 12.1 Å². The van der Waals surface area contributed by atoms with Crippen molar-refractivity contribution in [3.63, 3.8) is 0 Å². The maximum Gasteiger partial charge on any atom is 0.256 e. The van der Waals surface area contributed by atoms with Gasteiger partial charge in [0, 0.05) is 10.2 Å². The molecule has 2 amide bonds. The van der Waals surface area contributed by atoms with Crippen LogP contribution in [0, 0.1) is 0 Å². The summed E-state index contributed by atoms with van der Waals surface area (Å²) >= 11 is 3.38. The average molecular weight is 345 g/mol. The van der Waals surface area contributed by atoms with Crippen molar-refractivity contribution in [3.05, 3.63) is 59.1 Å². The van der Waals surface area contributed by atoms with Gasteiger partial charge in [0.25, 0.3) is 5.91 Å². The molecular formula is C16H13BrN2O2. The van der Waals surface area contributed by atoms with E-state index in [1.165, 1.54) is 4.90 Å². The Hall–Kier alpha value is -2.14. The highest BCUT2D eigenvalue weighted by atomic mass is 79.9. The Bertz CT molecular complexity index is 688. The lowest BCUT2D eigenvalue weighted by Gasteiger charge is -2.16. The van der Waals surface area contributed by atoms with Crippen LogP contribution in [0.5, 0.6) is 0 Å². The lowest BCUT2D eigenvalue weighted by atomic mass is 10.2. The van der Waals surface area contributed by atoms with Crippen LogP contribution in [0.25, 0.3) is 0 Å². The molecule has 1 aliphatic rings. The summed E-state index contributed by atoms with van der Waals surface area (Å²) in [6.07, 6.45) is 0.167. The zero-order valence-electron chi connectivity index (χ0n) is 11.1. The quantitative estimate of drug-likeness (QED) is 0.870. The predicted octanol–water partition coefficient (Wildman–Crippen LogP) is 3.19. The van der Waals surface area contributed by atoms with E-state index in [4.69, 9.17) is 0 Å². The third-order valence-electron chi connectivity index (χ3n) is 3.33. The second-order valence-electron chi connectivity index (χ2n) is 4.81. The molecule has 1 heterocycles. The van der Waals surface area contributed by atoms with E-state index in [0.717, 1.165) is 10.2 Å². The van der Waals surface area contributed by atoms with Crippen molar-refractivity contribution >= 4 is 39.1 Å². The van der Waals surface area contributed by atoms with Crippen molar-refractivity contribution in [3.8, 4) is 0 Å². The van der Waals surface area contributed by atoms with Gasteiger partial charge in [0.2, 0.25) is 5.91 Å². The van der Waals surface area contributed by atoms with Crippen LogP contribution in [-0.4, -0.2) is 17.9 Å². The number of benzene rings is 2. The second kappa shape index (κ2) is 5.69. The molecule has 1 unspecified atom stereocenters. The standard InChI is InChI=1S/C16H13BrN2O2/c17-11-5-4-6-12(9-11)18-14-10-15(20)19(16(14)21)13-7-2-1-3-8-13/h1-9,14,18H,10H2. The van der Waals surface area contributed by atoms with Crippen LogP contribution >= 0.6 is 15.9 Å². The van der Waals surface area contributed by atoms with Crippen LogP contribution in [0.2, 0.25) is 0 Å². The van der Waals surface area contributed by atoms with E-state index < -0.39 is 6.04 Å². The van der Waals surface area contributed by atoms with Crippen LogP contribution in [-0.2, 0) is 9.59 Å². The Labute approximate surface area is 130 Å². The minimum Gasteiger partial charge on any atom is -0.373 e. The minimum absolute atomic E-state index is 0.167. The van der Waals surface area contributed by atoms with Crippen molar-refractivity contribution in [2.45, 2.75) is 12.5 Å². The van der Waals surface area contributed by atoms with Gasteiger partial charge in [-0.25, -0.2) is 4.90 Å². The predicted molar refractivity (Wildman–Crippen MR) is 85.1 cm³/mol. The Morgan fingerprint density at radius 2 is 1.81 bits per heavy atom. The number of rotatable bonds is 3. The van der Waals surface area contributed by atoms with Crippen molar-refractivity contribution in [2.24, 2.45) is 0 Å². The Kier molecular flexibility index (Phi) is 3.75. The van der Waals surface area contributed by atoms with E-state index in [1.54, 1.807) is 12.1 Å². The fraction of sp³-hybridized carbons (Fsp3) is 0.125. The van der Waals surface area contributed by atoms with Gasteiger partial charge in [-0.2, -0.15) is 0 Å². The third kappa shape index (κ3) is 2.83. The van der Waals surface area contributed by atoms with Gasteiger partial charge in [0.15, 0.2) is 0 Å². The van der Waals surface area contributed by atoms with Gasteiger partial charge in [-0.05, 0) is 30.3 Å². The van der Waals surface area contributed by atoms with Crippen molar-refractivity contribution in [1.82, 2.24) is 0 Å². The number of amides is 2. The first-order valence-electron chi connectivity index (χ1n) is 6.59. The van der Waals surface area contributed by atoms with E-state index in [0.29, 0.717) is 5.69 Å². The van der Waals surface area contributed by atoms with Gasteiger partial charge < -0.3 is 5.32 Å². The largest absolute Gasteiger partial charge is 0.373 e. The van der Waals surface area contributed by atoms with Gasteiger partial charge in [-0.3, -0.25) is 9.59 Å². The highest BCUT2D eigenvalue weighted by Crippen LogP contribution is 2.25. The lowest BCUT2D eigenvalue weighted by molar-refractivity contribution is -0.121. The molecule has 0 bridgehead atoms. The summed E-state index contributed by atoms with van der Waals surface area (Å²) in [6, 6.07) is 16.0. The molecule has 0 radical (unpaired) electrons. The monoisotopic (exact) mass is 344 g/mol. The molecule has 0 saturated carbocycles. The molecule has 1 aliphatic heterocycles. The zero-order valence-corrected chi connectivity index (χ0v) is 12.7. The summed E-state index contributed by atoms with van der Waals surface area (Å²) < 4.78 is 0.921. The van der Waals surface area contributed by atoms with Crippen LogP contribution in [0.4, 0.5) is 11.4 Å². The van der Waals surface area contributed by atoms with Gasteiger partial charge in [-0.15, -0.1) is 0 Å². The van der Waals surface area contributed by atoms with Crippen molar-refractivity contribution in [1.29, 1.82) is 0 Å². The number of para-hydroxylation sites is 1. The summed E-state index contributed by atoms with van der Waals surface area (Å²) in [5, 5.41) is 3.12. The first-order valence-corrected chi connectivity index (χ1v) is 7.38. The van der Waals surface area contributed by atoms with E-state index in [9.17, 15) is 9.59 Å². The Morgan fingerprint density at radius 3 is 2.52 bits per heavy atom. The number of hydrogen-bond acceptors (Lipinski definition) is 3. The highest BCUT2D eigenvalue weighted by molar-refractivity contribution is 9.10. The van der Waals surface area contributed by atoms with Crippen LogP contribution in [0.15, 0.2) is 59.1 Å². The Morgan fingerprint density at radius 1 is 1.05 bits per heavy atom. The van der Waals surface area contributed by atoms with Gasteiger partial charge in [0.1, 0.15) is 6.04 Å². The third-order valence-corrected chi connectivity index (χ3v) is 3.82. The normalized spacial score (nSPS) is 18.1. The summed E-state index contributed by atoms with van der Waals surface area (Å²) in [5.74, 6) is -0.398.